The van der Waals surface area contributed by atoms with E-state index in [4.69, 9.17) is 11.0 Å². The van der Waals surface area contributed by atoms with E-state index < -0.39 is 11.9 Å². The van der Waals surface area contributed by atoms with Gasteiger partial charge in [-0.3, -0.25) is 0 Å². The average Bonchev–Trinajstić information content (AvgIpc) is 2.40. The maximum Gasteiger partial charge on any atom is 0.433 e. The van der Waals surface area contributed by atoms with Gasteiger partial charge in [-0.05, 0) is 36.4 Å². The first kappa shape index (κ1) is 14.2. The summed E-state index contributed by atoms with van der Waals surface area (Å²) in [6.07, 6.45) is -4.54. The fraction of sp³-hybridized carbons (Fsp3) is 0.0769. The highest BCUT2D eigenvalue weighted by Crippen LogP contribution is 2.33. The summed E-state index contributed by atoms with van der Waals surface area (Å²) in [5.74, 6) is 0. The molecule has 0 saturated heterocycles. The van der Waals surface area contributed by atoms with Gasteiger partial charge in [0, 0.05) is 10.6 Å². The summed E-state index contributed by atoms with van der Waals surface area (Å²) in [6, 6.07) is 10.3. The molecule has 0 radical (unpaired) electrons. The van der Waals surface area contributed by atoms with Gasteiger partial charge in [0.25, 0.3) is 0 Å². The molecule has 2 rings (SSSR count). The Morgan fingerprint density at radius 1 is 1.10 bits per heavy atom. The van der Waals surface area contributed by atoms with E-state index in [0.29, 0.717) is 10.6 Å². The highest BCUT2D eigenvalue weighted by molar-refractivity contribution is 7.99. The molecule has 0 spiro atoms. The Kier molecular flexibility index (Phi) is 3.86. The third kappa shape index (κ3) is 3.22. The first-order valence-electron chi connectivity index (χ1n) is 5.42. The summed E-state index contributed by atoms with van der Waals surface area (Å²) >= 11 is 0.989. The second-order valence-corrected chi connectivity index (χ2v) is 4.89. The zero-order chi connectivity index (χ0) is 14.8. The summed E-state index contributed by atoms with van der Waals surface area (Å²) < 4.78 is 37.9. The first-order valence-corrected chi connectivity index (χ1v) is 6.23. The Morgan fingerprint density at radius 3 is 2.30 bits per heavy atom. The van der Waals surface area contributed by atoms with Gasteiger partial charge in [0.15, 0.2) is 0 Å². The van der Waals surface area contributed by atoms with Gasteiger partial charge in [0.05, 0.1) is 5.56 Å². The summed E-state index contributed by atoms with van der Waals surface area (Å²) in [5.41, 5.74) is 5.16. The molecule has 0 aliphatic carbocycles. The average molecular weight is 295 g/mol. The second kappa shape index (κ2) is 5.43. The number of nitrogen functional groups attached to an aromatic ring is 1. The van der Waals surface area contributed by atoms with Gasteiger partial charge >= 0.3 is 6.18 Å². The zero-order valence-electron chi connectivity index (χ0n) is 9.98. The van der Waals surface area contributed by atoms with Gasteiger partial charge in [-0.25, -0.2) is 4.98 Å². The third-order valence-corrected chi connectivity index (χ3v) is 3.38. The lowest BCUT2D eigenvalue weighted by Gasteiger charge is -2.09. The van der Waals surface area contributed by atoms with Crippen LogP contribution in [0.4, 0.5) is 18.9 Å². The number of aromatic nitrogens is 1. The third-order valence-electron chi connectivity index (χ3n) is 2.37. The number of alkyl halides is 3. The molecule has 3 nitrogen and oxygen atoms in total. The number of hydrogen-bond acceptors (Lipinski definition) is 4. The van der Waals surface area contributed by atoms with Gasteiger partial charge in [0.2, 0.25) is 0 Å². The van der Waals surface area contributed by atoms with Gasteiger partial charge in [-0.1, -0.05) is 11.8 Å². The highest BCUT2D eigenvalue weighted by atomic mass is 32.2. The van der Waals surface area contributed by atoms with Crippen molar-refractivity contribution < 1.29 is 13.2 Å². The molecule has 0 atom stereocenters. The Hall–Kier alpha value is -2.20. The van der Waals surface area contributed by atoms with Crippen LogP contribution in [0.3, 0.4) is 0 Å². The van der Waals surface area contributed by atoms with Crippen LogP contribution < -0.4 is 5.73 Å². The topological polar surface area (TPSA) is 62.7 Å². The van der Waals surface area contributed by atoms with Gasteiger partial charge < -0.3 is 5.73 Å². The van der Waals surface area contributed by atoms with Gasteiger partial charge in [-0.2, -0.15) is 18.4 Å². The number of anilines is 1. The molecule has 0 unspecified atom stereocenters. The van der Waals surface area contributed by atoms with Crippen LogP contribution in [0.1, 0.15) is 11.3 Å². The monoisotopic (exact) mass is 295 g/mol. The number of benzene rings is 1. The molecular weight excluding hydrogens is 287 g/mol. The van der Waals surface area contributed by atoms with Crippen LogP contribution in [0, 0.1) is 11.3 Å². The Bertz CT molecular complexity index is 660. The quantitative estimate of drug-likeness (QED) is 0.858. The largest absolute Gasteiger partial charge is 0.433 e. The van der Waals surface area contributed by atoms with Crippen molar-refractivity contribution in [3.8, 4) is 6.07 Å². The van der Waals surface area contributed by atoms with Crippen LogP contribution in [-0.4, -0.2) is 4.98 Å². The molecular formula is C13H8F3N3S. The van der Waals surface area contributed by atoms with Crippen molar-refractivity contribution in [2.75, 3.05) is 5.73 Å². The number of pyridine rings is 1. The molecule has 7 heteroatoms. The van der Waals surface area contributed by atoms with Crippen LogP contribution >= 0.6 is 11.8 Å². The van der Waals surface area contributed by atoms with Crippen LogP contribution in [0.15, 0.2) is 46.3 Å². The minimum atomic E-state index is -4.54. The molecule has 1 aromatic carbocycles. The molecule has 0 fully saturated rings. The molecule has 0 aliphatic rings. The minimum absolute atomic E-state index is 0.0205. The normalized spacial score (nSPS) is 11.1. The highest BCUT2D eigenvalue weighted by Gasteiger charge is 2.33. The number of nitriles is 1. The molecule has 0 bridgehead atoms. The zero-order valence-corrected chi connectivity index (χ0v) is 10.8. The van der Waals surface area contributed by atoms with Crippen molar-refractivity contribution in [1.82, 2.24) is 4.98 Å². The van der Waals surface area contributed by atoms with Crippen molar-refractivity contribution in [1.29, 1.82) is 5.26 Å². The Labute approximate surface area is 117 Å². The maximum atomic E-state index is 12.6. The summed E-state index contributed by atoms with van der Waals surface area (Å²) in [5, 5.41) is 8.95. The number of nitrogens with zero attached hydrogens (tertiary/aromatic N) is 2. The second-order valence-electron chi connectivity index (χ2n) is 3.83. The van der Waals surface area contributed by atoms with Crippen LogP contribution in [0.25, 0.3) is 0 Å². The van der Waals surface area contributed by atoms with Crippen LogP contribution in [-0.2, 0) is 6.18 Å². The van der Waals surface area contributed by atoms with E-state index in [0.717, 1.165) is 23.9 Å². The number of rotatable bonds is 2. The standard InChI is InChI=1S/C13H8F3N3S/c14-13(15,16)11-6-1-8(7-17)12(19-11)20-10-4-2-9(18)3-5-10/h1-6H,18H2. The lowest BCUT2D eigenvalue weighted by Crippen LogP contribution is -2.08. The minimum Gasteiger partial charge on any atom is -0.399 e. The lowest BCUT2D eigenvalue weighted by atomic mass is 10.2. The Balaban J connectivity index is 2.39. The molecule has 2 aromatic rings. The molecule has 1 heterocycles. The van der Waals surface area contributed by atoms with E-state index in [2.05, 4.69) is 4.98 Å². The fourth-order valence-corrected chi connectivity index (χ4v) is 2.27. The number of hydrogen-bond donors (Lipinski definition) is 1. The first-order chi connectivity index (χ1) is 9.40. The molecule has 0 aliphatic heterocycles. The smallest absolute Gasteiger partial charge is 0.399 e. The molecule has 0 amide bonds. The summed E-state index contributed by atoms with van der Waals surface area (Å²) in [7, 11) is 0. The van der Waals surface area contributed by atoms with Crippen molar-refractivity contribution in [3.63, 3.8) is 0 Å². The number of nitrogens with two attached hydrogens (primary N) is 1. The van der Waals surface area contributed by atoms with Crippen molar-refractivity contribution in [2.45, 2.75) is 16.1 Å². The number of halogens is 3. The summed E-state index contributed by atoms with van der Waals surface area (Å²) in [4.78, 5) is 4.17. The van der Waals surface area contributed by atoms with Crippen molar-refractivity contribution >= 4 is 17.4 Å². The van der Waals surface area contributed by atoms with E-state index in [1.54, 1.807) is 24.3 Å². The Morgan fingerprint density at radius 2 is 1.75 bits per heavy atom. The van der Waals surface area contributed by atoms with Crippen molar-refractivity contribution in [3.05, 3.63) is 47.7 Å². The van der Waals surface area contributed by atoms with Gasteiger partial charge in [0.1, 0.15) is 16.8 Å². The van der Waals surface area contributed by atoms with Crippen LogP contribution in [0.2, 0.25) is 0 Å². The predicted molar refractivity (Wildman–Crippen MR) is 68.9 cm³/mol. The molecule has 1 aromatic heterocycles. The predicted octanol–water partition coefficient (Wildman–Crippen LogP) is 3.71. The van der Waals surface area contributed by atoms with E-state index in [-0.39, 0.29) is 10.6 Å². The van der Waals surface area contributed by atoms with E-state index in [1.165, 1.54) is 0 Å². The maximum absolute atomic E-state index is 12.6. The van der Waals surface area contributed by atoms with Crippen molar-refractivity contribution in [2.24, 2.45) is 0 Å². The fourth-order valence-electron chi connectivity index (χ4n) is 1.41. The summed E-state index contributed by atoms with van der Waals surface area (Å²) in [6.45, 7) is 0. The van der Waals surface area contributed by atoms with Gasteiger partial charge in [-0.15, -0.1) is 0 Å². The molecule has 20 heavy (non-hydrogen) atoms. The molecule has 102 valence electrons. The molecule has 0 saturated carbocycles. The SMILES string of the molecule is N#Cc1ccc(C(F)(F)F)nc1Sc1ccc(N)cc1. The van der Waals surface area contributed by atoms with E-state index in [1.807, 2.05) is 6.07 Å². The van der Waals surface area contributed by atoms with E-state index >= 15 is 0 Å². The lowest BCUT2D eigenvalue weighted by molar-refractivity contribution is -0.141. The molecule has 2 N–H and O–H groups in total. The van der Waals surface area contributed by atoms with E-state index in [9.17, 15) is 13.2 Å². The van der Waals surface area contributed by atoms with Crippen LogP contribution in [0.5, 0.6) is 0 Å².